The van der Waals surface area contributed by atoms with Crippen molar-refractivity contribution in [3.8, 4) is 0 Å². The van der Waals surface area contributed by atoms with E-state index in [4.69, 9.17) is 4.74 Å². The van der Waals surface area contributed by atoms with Gasteiger partial charge in [-0.1, -0.05) is 44.2 Å². The van der Waals surface area contributed by atoms with Crippen LogP contribution in [0.3, 0.4) is 0 Å². The molecule has 1 unspecified atom stereocenters. The average Bonchev–Trinajstić information content (AvgIpc) is 2.26. The van der Waals surface area contributed by atoms with Crippen molar-refractivity contribution in [1.29, 1.82) is 0 Å². The first-order chi connectivity index (χ1) is 8.08. The fourth-order valence-electron chi connectivity index (χ4n) is 2.06. The Morgan fingerprint density at radius 1 is 1.24 bits per heavy atom. The van der Waals surface area contributed by atoms with Crippen molar-refractivity contribution in [2.75, 3.05) is 6.61 Å². The molecule has 94 valence electrons. The molecule has 0 amide bonds. The highest BCUT2D eigenvalue weighted by molar-refractivity contribution is 5.65. The highest BCUT2D eigenvalue weighted by Crippen LogP contribution is 2.17. The van der Waals surface area contributed by atoms with Crippen molar-refractivity contribution < 1.29 is 9.53 Å². The van der Waals surface area contributed by atoms with Crippen molar-refractivity contribution >= 4 is 5.97 Å². The Morgan fingerprint density at radius 3 is 2.41 bits per heavy atom. The Morgan fingerprint density at radius 2 is 1.88 bits per heavy atom. The Bertz CT molecular complexity index is 330. The van der Waals surface area contributed by atoms with Gasteiger partial charge in [-0.15, -0.1) is 0 Å². The zero-order valence-corrected chi connectivity index (χ0v) is 11.0. The van der Waals surface area contributed by atoms with Gasteiger partial charge in [0.1, 0.15) is 0 Å². The Kier molecular flexibility index (Phi) is 5.75. The van der Waals surface area contributed by atoms with Crippen molar-refractivity contribution in [3.63, 3.8) is 0 Å². The van der Waals surface area contributed by atoms with Gasteiger partial charge in [-0.2, -0.15) is 0 Å². The minimum absolute atomic E-state index is 0.188. The summed E-state index contributed by atoms with van der Waals surface area (Å²) in [6, 6.07) is 10.4. The summed E-state index contributed by atoms with van der Waals surface area (Å²) in [5.74, 6) is 0.854. The lowest BCUT2D eigenvalue weighted by Gasteiger charge is -2.18. The van der Waals surface area contributed by atoms with Crippen molar-refractivity contribution in [2.45, 2.75) is 33.6 Å². The maximum atomic E-state index is 10.9. The topological polar surface area (TPSA) is 26.3 Å². The van der Waals surface area contributed by atoms with Gasteiger partial charge >= 0.3 is 5.97 Å². The second kappa shape index (κ2) is 7.10. The third kappa shape index (κ3) is 6.10. The van der Waals surface area contributed by atoms with Crippen LogP contribution in [0, 0.1) is 11.8 Å². The fourth-order valence-corrected chi connectivity index (χ4v) is 2.06. The molecule has 0 bridgehead atoms. The minimum Gasteiger partial charge on any atom is -0.466 e. The number of benzene rings is 1. The van der Waals surface area contributed by atoms with Gasteiger partial charge < -0.3 is 4.74 Å². The predicted molar refractivity (Wildman–Crippen MR) is 69.7 cm³/mol. The van der Waals surface area contributed by atoms with Crippen LogP contribution in [0.1, 0.15) is 32.8 Å². The zero-order chi connectivity index (χ0) is 12.7. The monoisotopic (exact) mass is 234 g/mol. The van der Waals surface area contributed by atoms with Crippen molar-refractivity contribution in [1.82, 2.24) is 0 Å². The molecule has 1 atom stereocenters. The number of hydrogen-bond donors (Lipinski definition) is 0. The number of hydrogen-bond acceptors (Lipinski definition) is 2. The van der Waals surface area contributed by atoms with Gasteiger partial charge in [0.25, 0.3) is 0 Å². The molecule has 0 spiro atoms. The first-order valence-electron chi connectivity index (χ1n) is 6.25. The number of rotatable bonds is 6. The largest absolute Gasteiger partial charge is 0.466 e. The predicted octanol–water partition coefficient (Wildman–Crippen LogP) is 3.45. The van der Waals surface area contributed by atoms with Gasteiger partial charge in [0.15, 0.2) is 0 Å². The van der Waals surface area contributed by atoms with Crippen molar-refractivity contribution in [3.05, 3.63) is 35.9 Å². The molecule has 0 heterocycles. The van der Waals surface area contributed by atoms with E-state index in [1.54, 1.807) is 0 Å². The SMILES string of the molecule is CC(=O)OCC(Cc1ccccc1)CC(C)C. The van der Waals surface area contributed by atoms with E-state index in [0.29, 0.717) is 18.4 Å². The molecular formula is C15H22O2. The first kappa shape index (κ1) is 13.8. The summed E-state index contributed by atoms with van der Waals surface area (Å²) in [7, 11) is 0. The molecule has 1 aromatic carbocycles. The Balaban J connectivity index is 2.53. The maximum absolute atomic E-state index is 10.9. The molecule has 0 aliphatic heterocycles. The van der Waals surface area contributed by atoms with Gasteiger partial charge in [-0.05, 0) is 30.2 Å². The molecule has 2 heteroatoms. The highest BCUT2D eigenvalue weighted by atomic mass is 16.5. The van der Waals surface area contributed by atoms with Crippen LogP contribution in [0.15, 0.2) is 30.3 Å². The second-order valence-electron chi connectivity index (χ2n) is 4.99. The lowest BCUT2D eigenvalue weighted by atomic mass is 9.91. The summed E-state index contributed by atoms with van der Waals surface area (Å²) in [5.41, 5.74) is 1.31. The van der Waals surface area contributed by atoms with Gasteiger partial charge in [-0.3, -0.25) is 4.79 Å². The average molecular weight is 234 g/mol. The van der Waals surface area contributed by atoms with Crippen LogP contribution in [0.5, 0.6) is 0 Å². The summed E-state index contributed by atoms with van der Waals surface area (Å²) in [6.45, 7) is 6.40. The molecule has 1 rings (SSSR count). The summed E-state index contributed by atoms with van der Waals surface area (Å²) in [6.07, 6.45) is 2.06. The van der Waals surface area contributed by atoms with E-state index in [1.165, 1.54) is 12.5 Å². The maximum Gasteiger partial charge on any atom is 0.302 e. The first-order valence-corrected chi connectivity index (χ1v) is 6.25. The van der Waals surface area contributed by atoms with E-state index in [2.05, 4.69) is 26.0 Å². The van der Waals surface area contributed by atoms with Gasteiger partial charge in [0, 0.05) is 6.92 Å². The lowest BCUT2D eigenvalue weighted by Crippen LogP contribution is -2.17. The molecule has 0 aliphatic rings. The van der Waals surface area contributed by atoms with Crippen LogP contribution in [-0.2, 0) is 16.0 Å². The molecule has 0 saturated carbocycles. The van der Waals surface area contributed by atoms with Gasteiger partial charge in [-0.25, -0.2) is 0 Å². The third-order valence-electron chi connectivity index (χ3n) is 2.69. The van der Waals surface area contributed by atoms with Crippen LogP contribution >= 0.6 is 0 Å². The normalized spacial score (nSPS) is 12.5. The quantitative estimate of drug-likeness (QED) is 0.705. The van der Waals surface area contributed by atoms with E-state index < -0.39 is 0 Å². The van der Waals surface area contributed by atoms with Gasteiger partial charge in [0.05, 0.1) is 6.61 Å². The molecule has 0 saturated heterocycles. The van der Waals surface area contributed by atoms with Crippen LogP contribution < -0.4 is 0 Å². The fraction of sp³-hybridized carbons (Fsp3) is 0.533. The summed E-state index contributed by atoms with van der Waals surface area (Å²) < 4.78 is 5.14. The second-order valence-corrected chi connectivity index (χ2v) is 4.99. The van der Waals surface area contributed by atoms with Crippen LogP contribution in [0.2, 0.25) is 0 Å². The smallest absolute Gasteiger partial charge is 0.302 e. The molecule has 2 nitrogen and oxygen atoms in total. The van der Waals surface area contributed by atoms with Gasteiger partial charge in [0.2, 0.25) is 0 Å². The molecule has 0 aromatic heterocycles. The summed E-state index contributed by atoms with van der Waals surface area (Å²) >= 11 is 0. The van der Waals surface area contributed by atoms with E-state index in [1.807, 2.05) is 18.2 Å². The lowest BCUT2D eigenvalue weighted by molar-refractivity contribution is -0.142. The Hall–Kier alpha value is -1.31. The molecule has 17 heavy (non-hydrogen) atoms. The van der Waals surface area contributed by atoms with E-state index >= 15 is 0 Å². The summed E-state index contributed by atoms with van der Waals surface area (Å²) in [4.78, 5) is 10.9. The van der Waals surface area contributed by atoms with E-state index in [9.17, 15) is 4.79 Å². The van der Waals surface area contributed by atoms with E-state index in [-0.39, 0.29) is 5.97 Å². The Labute approximate surface area is 104 Å². The molecular weight excluding hydrogens is 212 g/mol. The number of esters is 1. The highest BCUT2D eigenvalue weighted by Gasteiger charge is 2.13. The molecule has 0 radical (unpaired) electrons. The third-order valence-corrected chi connectivity index (χ3v) is 2.69. The number of carbonyl (C=O) groups excluding carboxylic acids is 1. The number of ether oxygens (including phenoxy) is 1. The van der Waals surface area contributed by atoms with Crippen LogP contribution in [0.25, 0.3) is 0 Å². The number of carbonyl (C=O) groups is 1. The molecule has 0 fully saturated rings. The minimum atomic E-state index is -0.188. The van der Waals surface area contributed by atoms with E-state index in [0.717, 1.165) is 12.8 Å². The molecule has 0 N–H and O–H groups in total. The summed E-state index contributed by atoms with van der Waals surface area (Å²) in [5, 5.41) is 0. The standard InChI is InChI=1S/C15H22O2/c1-12(2)9-15(11-17-13(3)16)10-14-7-5-4-6-8-14/h4-8,12,15H,9-11H2,1-3H3. The van der Waals surface area contributed by atoms with Crippen molar-refractivity contribution in [2.24, 2.45) is 11.8 Å². The van der Waals surface area contributed by atoms with Crippen LogP contribution in [-0.4, -0.2) is 12.6 Å². The molecule has 0 aliphatic carbocycles. The zero-order valence-electron chi connectivity index (χ0n) is 11.0. The van der Waals surface area contributed by atoms with Crippen LogP contribution in [0.4, 0.5) is 0 Å². The molecule has 1 aromatic rings.